The molecule has 0 fully saturated rings. The van der Waals surface area contributed by atoms with Gasteiger partial charge >= 0.3 is 0 Å². The largest absolute Gasteiger partial charge is 0.348 e. The second-order valence-electron chi connectivity index (χ2n) is 6.62. The van der Waals surface area contributed by atoms with Crippen LogP contribution in [0.2, 0.25) is 0 Å². The summed E-state index contributed by atoms with van der Waals surface area (Å²) in [5.41, 5.74) is 2.19. The van der Waals surface area contributed by atoms with Gasteiger partial charge in [-0.3, -0.25) is 4.79 Å². The van der Waals surface area contributed by atoms with Crippen molar-refractivity contribution in [2.24, 2.45) is 0 Å². The Bertz CT molecular complexity index is 1200. The van der Waals surface area contributed by atoms with E-state index >= 15 is 0 Å². The number of nitrogens with zero attached hydrogens (tertiary/aromatic N) is 1. The lowest BCUT2D eigenvalue weighted by atomic mass is 10.1. The molecule has 1 N–H and O–H groups in total. The summed E-state index contributed by atoms with van der Waals surface area (Å²) >= 11 is 3.22. The third kappa shape index (κ3) is 4.83. The first-order chi connectivity index (χ1) is 14.6. The van der Waals surface area contributed by atoms with Crippen molar-refractivity contribution < 1.29 is 9.18 Å². The topological polar surface area (TPSA) is 42.0 Å². The zero-order valence-corrected chi connectivity index (χ0v) is 17.9. The molecule has 0 saturated heterocycles. The molecule has 0 unspecified atom stereocenters. The van der Waals surface area contributed by atoms with Crippen molar-refractivity contribution in [3.05, 3.63) is 95.8 Å². The number of aromatic nitrogens is 1. The monoisotopic (exact) mass is 434 g/mol. The van der Waals surface area contributed by atoms with Crippen LogP contribution < -0.4 is 5.32 Å². The molecular weight excluding hydrogens is 415 g/mol. The van der Waals surface area contributed by atoms with Crippen molar-refractivity contribution in [1.29, 1.82) is 0 Å². The van der Waals surface area contributed by atoms with Gasteiger partial charge < -0.3 is 5.32 Å². The second kappa shape index (κ2) is 9.32. The lowest BCUT2D eigenvalue weighted by Crippen LogP contribution is -2.23. The molecule has 0 atom stereocenters. The first kappa shape index (κ1) is 20.4. The third-order valence-electron chi connectivity index (χ3n) is 4.57. The maximum atomic E-state index is 13.1. The van der Waals surface area contributed by atoms with E-state index in [2.05, 4.69) is 17.4 Å². The van der Waals surface area contributed by atoms with Crippen molar-refractivity contribution in [3.63, 3.8) is 0 Å². The molecule has 1 heterocycles. The summed E-state index contributed by atoms with van der Waals surface area (Å²) < 4.78 is 13.1. The van der Waals surface area contributed by atoms with Gasteiger partial charge in [-0.2, -0.15) is 0 Å². The highest BCUT2D eigenvalue weighted by Gasteiger charge is 2.14. The lowest BCUT2D eigenvalue weighted by Gasteiger charge is -2.11. The third-order valence-corrected chi connectivity index (χ3v) is 6.20. The Kier molecular flexibility index (Phi) is 6.35. The maximum absolute atomic E-state index is 13.1. The zero-order chi connectivity index (χ0) is 20.9. The number of carbonyl (C=O) groups is 1. The Morgan fingerprint density at radius 2 is 1.73 bits per heavy atom. The van der Waals surface area contributed by atoms with Gasteiger partial charge in [-0.05, 0) is 54.3 Å². The average molecular weight is 435 g/mol. The molecule has 30 heavy (non-hydrogen) atoms. The van der Waals surface area contributed by atoms with Crippen LogP contribution in [0.5, 0.6) is 0 Å². The quantitative estimate of drug-likeness (QED) is 0.368. The smallest absolute Gasteiger partial charge is 0.252 e. The van der Waals surface area contributed by atoms with E-state index in [4.69, 9.17) is 4.98 Å². The molecule has 150 valence electrons. The van der Waals surface area contributed by atoms with Crippen LogP contribution in [-0.2, 0) is 6.54 Å². The molecule has 1 aromatic heterocycles. The Labute approximate surface area is 183 Å². The van der Waals surface area contributed by atoms with Gasteiger partial charge in [0.15, 0.2) is 0 Å². The number of benzene rings is 3. The number of halogens is 1. The van der Waals surface area contributed by atoms with E-state index in [0.29, 0.717) is 12.1 Å². The van der Waals surface area contributed by atoms with Gasteiger partial charge in [-0.15, -0.1) is 11.8 Å². The maximum Gasteiger partial charge on any atom is 0.252 e. The second-order valence-corrected chi connectivity index (χ2v) is 8.59. The van der Waals surface area contributed by atoms with E-state index in [1.54, 1.807) is 23.9 Å². The summed E-state index contributed by atoms with van der Waals surface area (Å²) in [6.45, 7) is 0.327. The number of thioether (sulfide) groups is 1. The number of para-hydroxylation sites is 1. The number of nitrogens with one attached hydrogen (secondary N) is 1. The molecule has 6 heteroatoms. The highest BCUT2D eigenvalue weighted by atomic mass is 32.2. The predicted octanol–water partition coefficient (Wildman–Crippen LogP) is 6.18. The summed E-state index contributed by atoms with van der Waals surface area (Å²) in [5.74, 6) is -0.477. The highest BCUT2D eigenvalue weighted by Crippen LogP contribution is 2.31. The zero-order valence-electron chi connectivity index (χ0n) is 16.3. The first-order valence-corrected chi connectivity index (χ1v) is 11.4. The minimum Gasteiger partial charge on any atom is -0.348 e. The van der Waals surface area contributed by atoms with E-state index < -0.39 is 0 Å². The summed E-state index contributed by atoms with van der Waals surface area (Å²) in [4.78, 5) is 20.0. The van der Waals surface area contributed by atoms with Gasteiger partial charge in [0, 0.05) is 21.7 Å². The van der Waals surface area contributed by atoms with Gasteiger partial charge in [-0.25, -0.2) is 9.37 Å². The Morgan fingerprint density at radius 1 is 0.967 bits per heavy atom. The molecular formula is C24H19FN2OS2. The standard InChI is InChI=1S/C24H19FN2OS2/c1-29-18-5-4-6-19(13-18)30-23-14-21(20-7-2-3-8-22(20)27-23)24(28)26-15-16-9-11-17(25)12-10-16/h2-14H,15H2,1H3,(H,26,28). The fourth-order valence-electron chi connectivity index (χ4n) is 3.06. The molecule has 0 aliphatic rings. The lowest BCUT2D eigenvalue weighted by molar-refractivity contribution is 0.0952. The fourth-order valence-corrected chi connectivity index (χ4v) is 4.49. The number of rotatable bonds is 6. The van der Waals surface area contributed by atoms with Crippen molar-refractivity contribution in [2.45, 2.75) is 21.4 Å². The molecule has 0 aliphatic carbocycles. The van der Waals surface area contributed by atoms with Crippen LogP contribution in [0.4, 0.5) is 4.39 Å². The predicted molar refractivity (Wildman–Crippen MR) is 122 cm³/mol. The number of fused-ring (bicyclic) bond motifs is 1. The summed E-state index contributed by atoms with van der Waals surface area (Å²) in [7, 11) is 0. The molecule has 4 rings (SSSR count). The van der Waals surface area contributed by atoms with E-state index in [1.165, 1.54) is 28.8 Å². The molecule has 0 radical (unpaired) electrons. The minimum absolute atomic E-state index is 0.183. The summed E-state index contributed by atoms with van der Waals surface area (Å²) in [6, 6.07) is 23.8. The van der Waals surface area contributed by atoms with Crippen LogP contribution in [0, 0.1) is 5.82 Å². The van der Waals surface area contributed by atoms with E-state index in [9.17, 15) is 9.18 Å². The molecule has 3 nitrogen and oxygen atoms in total. The number of pyridine rings is 1. The Morgan fingerprint density at radius 3 is 2.53 bits per heavy atom. The van der Waals surface area contributed by atoms with Gasteiger partial charge in [0.1, 0.15) is 10.8 Å². The van der Waals surface area contributed by atoms with E-state index in [-0.39, 0.29) is 11.7 Å². The minimum atomic E-state index is -0.294. The first-order valence-electron chi connectivity index (χ1n) is 9.37. The molecule has 0 bridgehead atoms. The van der Waals surface area contributed by atoms with Crippen LogP contribution in [0.1, 0.15) is 15.9 Å². The van der Waals surface area contributed by atoms with Crippen molar-refractivity contribution >= 4 is 40.3 Å². The Hall–Kier alpha value is -2.83. The van der Waals surface area contributed by atoms with Gasteiger partial charge in [0.05, 0.1) is 11.1 Å². The van der Waals surface area contributed by atoms with Gasteiger partial charge in [0.2, 0.25) is 0 Å². The van der Waals surface area contributed by atoms with Crippen LogP contribution in [0.3, 0.4) is 0 Å². The molecule has 0 spiro atoms. The van der Waals surface area contributed by atoms with Crippen LogP contribution >= 0.6 is 23.5 Å². The van der Waals surface area contributed by atoms with E-state index in [0.717, 1.165) is 26.4 Å². The Balaban J connectivity index is 1.62. The fraction of sp³-hybridized carbons (Fsp3) is 0.0833. The molecule has 0 saturated carbocycles. The van der Waals surface area contributed by atoms with Gasteiger partial charge in [0.25, 0.3) is 5.91 Å². The molecule has 1 amide bonds. The average Bonchev–Trinajstić information content (AvgIpc) is 2.78. The van der Waals surface area contributed by atoms with Crippen LogP contribution in [-0.4, -0.2) is 17.1 Å². The normalized spacial score (nSPS) is 10.9. The number of carbonyl (C=O) groups excluding carboxylic acids is 1. The molecule has 0 aliphatic heterocycles. The molecule has 3 aromatic carbocycles. The summed E-state index contributed by atoms with van der Waals surface area (Å²) in [5, 5.41) is 4.50. The number of hydrogen-bond acceptors (Lipinski definition) is 4. The SMILES string of the molecule is CSc1cccc(Sc2cc(C(=O)NCc3ccc(F)cc3)c3ccccc3n2)c1. The van der Waals surface area contributed by atoms with Crippen molar-refractivity contribution in [3.8, 4) is 0 Å². The van der Waals surface area contributed by atoms with Gasteiger partial charge in [-0.1, -0.05) is 48.2 Å². The van der Waals surface area contributed by atoms with E-state index in [1.807, 2.05) is 48.7 Å². The number of amides is 1. The number of hydrogen-bond donors (Lipinski definition) is 1. The van der Waals surface area contributed by atoms with Crippen molar-refractivity contribution in [1.82, 2.24) is 10.3 Å². The van der Waals surface area contributed by atoms with Crippen molar-refractivity contribution in [2.75, 3.05) is 6.26 Å². The van der Waals surface area contributed by atoms with Crippen LogP contribution in [0.15, 0.2) is 93.7 Å². The van der Waals surface area contributed by atoms with Crippen LogP contribution in [0.25, 0.3) is 10.9 Å². The summed E-state index contributed by atoms with van der Waals surface area (Å²) in [6.07, 6.45) is 2.04. The highest BCUT2D eigenvalue weighted by molar-refractivity contribution is 7.99. The molecule has 4 aromatic rings.